The molecule has 2 aromatic rings. The molecule has 1 amide bonds. The number of hydrogen-bond donors (Lipinski definition) is 1. The van der Waals surface area contributed by atoms with E-state index in [1.807, 2.05) is 20.0 Å². The number of carbonyl (C=O) groups excluding carboxylic acids is 1. The van der Waals surface area contributed by atoms with Crippen molar-refractivity contribution in [2.75, 3.05) is 0 Å². The molecule has 24 heavy (non-hydrogen) atoms. The van der Waals surface area contributed by atoms with Gasteiger partial charge >= 0.3 is 6.18 Å². The monoisotopic (exact) mass is 343 g/mol. The SMILES string of the molecule is Cc1nn(C)cc1C(C)NC(=O)CCn1nc(C(F)(F)F)cc1C. The summed E-state index contributed by atoms with van der Waals surface area (Å²) in [4.78, 5) is 12.0. The molecular formula is C15H20F3N5O. The van der Waals surface area contributed by atoms with E-state index in [1.165, 1.54) is 11.6 Å². The first-order valence-electron chi connectivity index (χ1n) is 7.49. The number of halogens is 3. The second kappa shape index (κ2) is 6.66. The number of aryl methyl sites for hydroxylation is 4. The summed E-state index contributed by atoms with van der Waals surface area (Å²) in [6.45, 7) is 5.31. The number of nitrogens with one attached hydrogen (secondary N) is 1. The molecule has 1 unspecified atom stereocenters. The van der Waals surface area contributed by atoms with E-state index in [1.54, 1.807) is 11.7 Å². The number of aromatic nitrogens is 4. The minimum absolute atomic E-state index is 0.0451. The molecule has 132 valence electrons. The standard InChI is InChI=1S/C15H20F3N5O/c1-9-7-13(15(16,17)18)21-23(9)6-5-14(24)19-10(2)12-8-22(4)20-11(12)3/h7-8,10H,5-6H2,1-4H3,(H,19,24). The fraction of sp³-hybridized carbons (Fsp3) is 0.533. The van der Waals surface area contributed by atoms with E-state index in [0.29, 0.717) is 5.69 Å². The molecule has 2 aromatic heterocycles. The van der Waals surface area contributed by atoms with Crippen molar-refractivity contribution < 1.29 is 18.0 Å². The Morgan fingerprint density at radius 2 is 2.00 bits per heavy atom. The first-order chi connectivity index (χ1) is 11.1. The predicted molar refractivity (Wildman–Crippen MR) is 81.1 cm³/mol. The number of amides is 1. The molecule has 0 aliphatic heterocycles. The summed E-state index contributed by atoms with van der Waals surface area (Å²) >= 11 is 0. The van der Waals surface area contributed by atoms with Gasteiger partial charge in [0.05, 0.1) is 11.7 Å². The topological polar surface area (TPSA) is 64.7 Å². The van der Waals surface area contributed by atoms with E-state index >= 15 is 0 Å². The molecule has 0 fully saturated rings. The Labute approximate surface area is 137 Å². The lowest BCUT2D eigenvalue weighted by molar-refractivity contribution is -0.141. The van der Waals surface area contributed by atoms with Gasteiger partial charge in [0, 0.05) is 37.5 Å². The zero-order valence-electron chi connectivity index (χ0n) is 14.0. The first kappa shape index (κ1) is 18.0. The zero-order chi connectivity index (χ0) is 18.1. The van der Waals surface area contributed by atoms with Crippen LogP contribution in [0.3, 0.4) is 0 Å². The summed E-state index contributed by atoms with van der Waals surface area (Å²) in [6.07, 6.45) is -2.61. The average molecular weight is 343 g/mol. The maximum Gasteiger partial charge on any atom is 0.435 e. The minimum Gasteiger partial charge on any atom is -0.349 e. The molecule has 0 saturated heterocycles. The third kappa shape index (κ3) is 4.15. The van der Waals surface area contributed by atoms with Crippen LogP contribution in [-0.2, 0) is 24.6 Å². The predicted octanol–water partition coefficient (Wildman–Crippen LogP) is 2.52. The van der Waals surface area contributed by atoms with Crippen LogP contribution in [0.4, 0.5) is 13.2 Å². The zero-order valence-corrected chi connectivity index (χ0v) is 14.0. The van der Waals surface area contributed by atoms with E-state index in [4.69, 9.17) is 0 Å². The molecule has 0 aromatic carbocycles. The average Bonchev–Trinajstić information content (AvgIpc) is 2.98. The van der Waals surface area contributed by atoms with Crippen LogP contribution in [0.15, 0.2) is 12.3 Å². The second-order valence-corrected chi connectivity index (χ2v) is 5.77. The fourth-order valence-corrected chi connectivity index (χ4v) is 2.52. The van der Waals surface area contributed by atoms with Crippen LogP contribution in [0.5, 0.6) is 0 Å². The van der Waals surface area contributed by atoms with E-state index < -0.39 is 11.9 Å². The van der Waals surface area contributed by atoms with Crippen LogP contribution in [0.2, 0.25) is 0 Å². The third-order valence-corrected chi connectivity index (χ3v) is 3.72. The minimum atomic E-state index is -4.48. The number of nitrogens with zero attached hydrogens (tertiary/aromatic N) is 4. The highest BCUT2D eigenvalue weighted by Gasteiger charge is 2.34. The maximum absolute atomic E-state index is 12.6. The maximum atomic E-state index is 12.6. The summed E-state index contributed by atoms with van der Waals surface area (Å²) in [5.74, 6) is -0.255. The molecule has 0 spiro atoms. The van der Waals surface area contributed by atoms with Gasteiger partial charge in [-0.15, -0.1) is 0 Å². The summed E-state index contributed by atoms with van der Waals surface area (Å²) in [5.41, 5.74) is 1.15. The summed E-state index contributed by atoms with van der Waals surface area (Å²) in [5, 5.41) is 10.5. The molecule has 6 nitrogen and oxygen atoms in total. The summed E-state index contributed by atoms with van der Waals surface area (Å²) in [6, 6.07) is 0.746. The van der Waals surface area contributed by atoms with Gasteiger partial charge in [-0.3, -0.25) is 14.2 Å². The van der Waals surface area contributed by atoms with Crippen LogP contribution in [0, 0.1) is 13.8 Å². The lowest BCUT2D eigenvalue weighted by Gasteiger charge is -2.13. The van der Waals surface area contributed by atoms with Crippen molar-refractivity contribution in [2.45, 2.75) is 46.0 Å². The third-order valence-electron chi connectivity index (χ3n) is 3.72. The largest absolute Gasteiger partial charge is 0.435 e. The van der Waals surface area contributed by atoms with Crippen molar-refractivity contribution in [3.63, 3.8) is 0 Å². The van der Waals surface area contributed by atoms with Crippen molar-refractivity contribution >= 4 is 5.91 Å². The number of hydrogen-bond acceptors (Lipinski definition) is 3. The molecule has 9 heteroatoms. The van der Waals surface area contributed by atoms with Crippen LogP contribution in [0.1, 0.15) is 42.0 Å². The first-order valence-corrected chi connectivity index (χ1v) is 7.49. The van der Waals surface area contributed by atoms with Gasteiger partial charge in [0.1, 0.15) is 0 Å². The quantitative estimate of drug-likeness (QED) is 0.907. The van der Waals surface area contributed by atoms with Gasteiger partial charge in [-0.2, -0.15) is 23.4 Å². The van der Waals surface area contributed by atoms with Gasteiger partial charge in [-0.25, -0.2) is 0 Å². The molecule has 2 rings (SSSR count). The molecule has 1 atom stereocenters. The molecule has 2 heterocycles. The highest BCUT2D eigenvalue weighted by atomic mass is 19.4. The van der Waals surface area contributed by atoms with E-state index in [0.717, 1.165) is 17.3 Å². The van der Waals surface area contributed by atoms with Crippen molar-refractivity contribution in [2.24, 2.45) is 7.05 Å². The Morgan fingerprint density at radius 1 is 1.33 bits per heavy atom. The van der Waals surface area contributed by atoms with Crippen molar-refractivity contribution in [1.82, 2.24) is 24.9 Å². The summed E-state index contributed by atoms with van der Waals surface area (Å²) < 4.78 is 40.7. The molecular weight excluding hydrogens is 323 g/mol. The van der Waals surface area contributed by atoms with Gasteiger partial charge in [0.15, 0.2) is 5.69 Å². The summed E-state index contributed by atoms with van der Waals surface area (Å²) in [7, 11) is 1.80. The number of alkyl halides is 3. The molecule has 1 N–H and O–H groups in total. The number of carbonyl (C=O) groups is 1. The van der Waals surface area contributed by atoms with Crippen molar-refractivity contribution in [3.05, 3.63) is 34.9 Å². The van der Waals surface area contributed by atoms with Crippen molar-refractivity contribution in [1.29, 1.82) is 0 Å². The normalized spacial score (nSPS) is 13.1. The van der Waals surface area contributed by atoms with Gasteiger partial charge in [0.2, 0.25) is 5.91 Å². The van der Waals surface area contributed by atoms with Crippen LogP contribution >= 0.6 is 0 Å². The van der Waals surface area contributed by atoms with E-state index in [2.05, 4.69) is 15.5 Å². The molecule has 0 radical (unpaired) electrons. The fourth-order valence-electron chi connectivity index (χ4n) is 2.52. The van der Waals surface area contributed by atoms with Gasteiger partial charge in [-0.1, -0.05) is 0 Å². The van der Waals surface area contributed by atoms with Crippen molar-refractivity contribution in [3.8, 4) is 0 Å². The molecule has 0 aliphatic rings. The highest BCUT2D eigenvalue weighted by Crippen LogP contribution is 2.28. The van der Waals surface area contributed by atoms with E-state index in [-0.39, 0.29) is 24.9 Å². The molecule has 0 aliphatic carbocycles. The Morgan fingerprint density at radius 3 is 2.50 bits per heavy atom. The highest BCUT2D eigenvalue weighted by molar-refractivity contribution is 5.76. The Balaban J connectivity index is 1.94. The second-order valence-electron chi connectivity index (χ2n) is 5.77. The van der Waals surface area contributed by atoms with Crippen LogP contribution in [-0.4, -0.2) is 25.5 Å². The number of rotatable bonds is 5. The Hall–Kier alpha value is -2.32. The van der Waals surface area contributed by atoms with Crippen LogP contribution < -0.4 is 5.32 Å². The molecule has 0 bridgehead atoms. The Kier molecular flexibility index (Phi) is 5.00. The lowest BCUT2D eigenvalue weighted by Crippen LogP contribution is -2.28. The van der Waals surface area contributed by atoms with Crippen LogP contribution in [0.25, 0.3) is 0 Å². The lowest BCUT2D eigenvalue weighted by atomic mass is 10.1. The van der Waals surface area contributed by atoms with E-state index in [9.17, 15) is 18.0 Å². The Bertz CT molecular complexity index is 732. The van der Waals surface area contributed by atoms with Gasteiger partial charge in [-0.05, 0) is 26.8 Å². The molecule has 0 saturated carbocycles. The van der Waals surface area contributed by atoms with Gasteiger partial charge < -0.3 is 5.32 Å². The van der Waals surface area contributed by atoms with Gasteiger partial charge in [0.25, 0.3) is 0 Å². The smallest absolute Gasteiger partial charge is 0.349 e.